The van der Waals surface area contributed by atoms with Crippen molar-refractivity contribution in [3.8, 4) is 0 Å². The maximum Gasteiger partial charge on any atom is 0.212 e. The second-order valence-electron chi connectivity index (χ2n) is 7.91. The van der Waals surface area contributed by atoms with Crippen LogP contribution in [-0.4, -0.2) is 50.5 Å². The zero-order valence-electron chi connectivity index (χ0n) is 18.2. The van der Waals surface area contributed by atoms with Gasteiger partial charge in [0.05, 0.1) is 25.5 Å². The third kappa shape index (κ3) is 3.87. The van der Waals surface area contributed by atoms with E-state index < -0.39 is 0 Å². The molecule has 2 heterocycles. The normalized spacial score (nSPS) is 15.9. The van der Waals surface area contributed by atoms with Crippen molar-refractivity contribution in [2.24, 2.45) is 20.2 Å². The predicted molar refractivity (Wildman–Crippen MR) is 133 cm³/mol. The van der Waals surface area contributed by atoms with Crippen molar-refractivity contribution >= 4 is 45.9 Å². The molecule has 3 aromatic carbocycles. The van der Waals surface area contributed by atoms with E-state index in [1.54, 1.807) is 0 Å². The Morgan fingerprint density at radius 2 is 1.22 bits per heavy atom. The van der Waals surface area contributed by atoms with E-state index in [-0.39, 0.29) is 0 Å². The number of aryl methyl sites for hydroxylation is 2. The Morgan fingerprint density at radius 1 is 0.750 bits per heavy atom. The summed E-state index contributed by atoms with van der Waals surface area (Å²) in [5.41, 5.74) is 10.6. The summed E-state index contributed by atoms with van der Waals surface area (Å²) in [4.78, 5) is 8.68. The maximum atomic E-state index is 4.48. The highest BCUT2D eigenvalue weighted by Crippen LogP contribution is 2.33. The number of guanidine groups is 2. The lowest BCUT2D eigenvalue weighted by Crippen LogP contribution is -2.30. The van der Waals surface area contributed by atoms with Gasteiger partial charge in [-0.15, -0.1) is 0 Å². The van der Waals surface area contributed by atoms with E-state index in [9.17, 15) is 0 Å². The third-order valence-electron chi connectivity index (χ3n) is 5.80. The van der Waals surface area contributed by atoms with Gasteiger partial charge in [0, 0.05) is 24.2 Å². The molecule has 0 atom stereocenters. The van der Waals surface area contributed by atoms with Gasteiger partial charge in [-0.1, -0.05) is 36.4 Å². The molecule has 0 bridgehead atoms. The van der Waals surface area contributed by atoms with Crippen LogP contribution in [0.25, 0.3) is 21.5 Å². The van der Waals surface area contributed by atoms with Gasteiger partial charge >= 0.3 is 0 Å². The highest BCUT2D eigenvalue weighted by Gasteiger charge is 2.14. The Labute approximate surface area is 186 Å². The molecule has 0 spiro atoms. The van der Waals surface area contributed by atoms with E-state index in [2.05, 4.69) is 91.9 Å². The molecule has 0 aliphatic carbocycles. The molecule has 4 N–H and O–H groups in total. The molecular formula is C24H26N8. The van der Waals surface area contributed by atoms with E-state index in [1.165, 1.54) is 11.1 Å². The minimum atomic E-state index is 0.708. The molecule has 2 aliphatic rings. The fourth-order valence-electron chi connectivity index (χ4n) is 4.04. The summed E-state index contributed by atoms with van der Waals surface area (Å²) in [7, 11) is 0. The van der Waals surface area contributed by atoms with Crippen molar-refractivity contribution in [3.63, 3.8) is 0 Å². The van der Waals surface area contributed by atoms with Crippen LogP contribution in [0, 0.1) is 13.8 Å². The van der Waals surface area contributed by atoms with Crippen molar-refractivity contribution in [1.29, 1.82) is 0 Å². The standard InChI is InChI=1S/C24H26N8/c1-15-11-19-20(12-16(15)2)22(14-30-32-24-27-9-10-28-24)18-6-4-3-5-17(18)21(19)13-29-31-23-25-7-8-26-23/h3-6,11-14H,7-10H2,1-2H3,(H2,25,26,31)(H2,27,28,32). The SMILES string of the molecule is Cc1cc2c(C=NNC3=NCCN3)c3ccccc3c(C=NNC3=NCCN3)c2cc1C. The number of nitrogens with one attached hydrogen (secondary N) is 4. The second kappa shape index (κ2) is 8.66. The van der Waals surface area contributed by atoms with Crippen LogP contribution >= 0.6 is 0 Å². The monoisotopic (exact) mass is 426 g/mol. The van der Waals surface area contributed by atoms with Crippen molar-refractivity contribution in [2.45, 2.75) is 13.8 Å². The van der Waals surface area contributed by atoms with Crippen LogP contribution < -0.4 is 21.5 Å². The minimum Gasteiger partial charge on any atom is -0.353 e. The molecule has 0 unspecified atom stereocenters. The summed E-state index contributed by atoms with van der Waals surface area (Å²) in [5, 5.41) is 19.8. The maximum absolute atomic E-state index is 4.48. The Balaban J connectivity index is 1.65. The fourth-order valence-corrected chi connectivity index (χ4v) is 4.04. The van der Waals surface area contributed by atoms with Crippen molar-refractivity contribution in [2.75, 3.05) is 26.2 Å². The first kappa shape index (κ1) is 20.0. The van der Waals surface area contributed by atoms with Gasteiger partial charge in [-0.25, -0.2) is 20.8 Å². The molecule has 32 heavy (non-hydrogen) atoms. The number of hydrogen-bond acceptors (Lipinski definition) is 8. The van der Waals surface area contributed by atoms with Crippen molar-refractivity contribution < 1.29 is 0 Å². The minimum absolute atomic E-state index is 0.708. The lowest BCUT2D eigenvalue weighted by Gasteiger charge is -2.14. The number of nitrogens with zero attached hydrogens (tertiary/aromatic N) is 4. The van der Waals surface area contributed by atoms with Crippen molar-refractivity contribution in [3.05, 3.63) is 58.7 Å². The lowest BCUT2D eigenvalue weighted by atomic mass is 9.90. The lowest BCUT2D eigenvalue weighted by molar-refractivity contribution is 0.920. The van der Waals surface area contributed by atoms with Crippen molar-refractivity contribution in [1.82, 2.24) is 21.5 Å². The number of rotatable bonds is 4. The van der Waals surface area contributed by atoms with Crippen LogP contribution in [0.15, 0.2) is 56.6 Å². The average molecular weight is 427 g/mol. The molecule has 3 aromatic rings. The first-order valence-electron chi connectivity index (χ1n) is 10.8. The van der Waals surface area contributed by atoms with Crippen LogP contribution in [0.2, 0.25) is 0 Å². The smallest absolute Gasteiger partial charge is 0.212 e. The third-order valence-corrected chi connectivity index (χ3v) is 5.80. The number of hydrazone groups is 2. The molecule has 0 fully saturated rings. The Hall–Kier alpha value is -3.94. The van der Waals surface area contributed by atoms with E-state index in [1.807, 2.05) is 12.4 Å². The summed E-state index contributed by atoms with van der Waals surface area (Å²) >= 11 is 0. The molecular weight excluding hydrogens is 400 g/mol. The quantitative estimate of drug-likeness (QED) is 0.293. The zero-order chi connectivity index (χ0) is 21.9. The second-order valence-corrected chi connectivity index (χ2v) is 7.91. The highest BCUT2D eigenvalue weighted by atomic mass is 15.4. The van der Waals surface area contributed by atoms with E-state index in [4.69, 9.17) is 0 Å². The molecule has 5 rings (SSSR count). The van der Waals surface area contributed by atoms with E-state index >= 15 is 0 Å². The van der Waals surface area contributed by atoms with Gasteiger partial charge in [0.25, 0.3) is 0 Å². The fraction of sp³-hybridized carbons (Fsp3) is 0.250. The van der Waals surface area contributed by atoms with Crippen LogP contribution in [0.1, 0.15) is 22.3 Å². The molecule has 0 saturated heterocycles. The largest absolute Gasteiger partial charge is 0.353 e. The number of aliphatic imine (C=N–C) groups is 2. The number of hydrogen-bond donors (Lipinski definition) is 4. The first-order chi connectivity index (χ1) is 15.7. The van der Waals surface area contributed by atoms with Gasteiger partial charge in [-0.05, 0) is 46.5 Å². The Morgan fingerprint density at radius 3 is 1.62 bits per heavy atom. The molecule has 0 saturated carbocycles. The number of benzene rings is 3. The average Bonchev–Trinajstić information content (AvgIpc) is 3.51. The predicted octanol–water partition coefficient (Wildman–Crippen LogP) is 2.38. The van der Waals surface area contributed by atoms with Gasteiger partial charge < -0.3 is 10.6 Å². The zero-order valence-corrected chi connectivity index (χ0v) is 18.2. The topological polar surface area (TPSA) is 97.6 Å². The first-order valence-corrected chi connectivity index (χ1v) is 10.8. The van der Waals surface area contributed by atoms with E-state index in [0.29, 0.717) is 11.9 Å². The van der Waals surface area contributed by atoms with Crippen LogP contribution in [0.5, 0.6) is 0 Å². The molecule has 2 aliphatic heterocycles. The highest BCUT2D eigenvalue weighted by molar-refractivity contribution is 6.21. The molecule has 0 aromatic heterocycles. The summed E-state index contributed by atoms with van der Waals surface area (Å²) in [6.45, 7) is 7.50. The molecule has 162 valence electrons. The molecule has 0 amide bonds. The van der Waals surface area contributed by atoms with Gasteiger partial charge in [0.1, 0.15) is 0 Å². The summed E-state index contributed by atoms with van der Waals surface area (Å²) in [6, 6.07) is 12.8. The van der Waals surface area contributed by atoms with Gasteiger partial charge in [-0.3, -0.25) is 0 Å². The van der Waals surface area contributed by atoms with Gasteiger partial charge in [-0.2, -0.15) is 10.2 Å². The van der Waals surface area contributed by atoms with Crippen LogP contribution in [0.3, 0.4) is 0 Å². The summed E-state index contributed by atoms with van der Waals surface area (Å²) in [6.07, 6.45) is 3.77. The van der Waals surface area contributed by atoms with Gasteiger partial charge in [0.15, 0.2) is 0 Å². The summed E-state index contributed by atoms with van der Waals surface area (Å²) in [5.74, 6) is 1.42. The molecule has 0 radical (unpaired) electrons. The molecule has 8 nitrogen and oxygen atoms in total. The summed E-state index contributed by atoms with van der Waals surface area (Å²) < 4.78 is 0. The Kier molecular flexibility index (Phi) is 5.41. The van der Waals surface area contributed by atoms with Gasteiger partial charge in [0.2, 0.25) is 11.9 Å². The Bertz CT molecular complexity index is 1200. The van der Waals surface area contributed by atoms with Crippen LogP contribution in [0.4, 0.5) is 0 Å². The number of fused-ring (bicyclic) bond motifs is 2. The molecule has 8 heteroatoms. The van der Waals surface area contributed by atoms with E-state index in [0.717, 1.165) is 58.9 Å². The van der Waals surface area contributed by atoms with Crippen LogP contribution in [-0.2, 0) is 0 Å².